The molecule has 100 valence electrons. The number of nitrogens with one attached hydrogen (secondary N) is 1. The number of nitrogen functional groups attached to an aromatic ring is 1. The van der Waals surface area contributed by atoms with Gasteiger partial charge in [-0.3, -0.25) is 4.79 Å². The number of likely N-dealkylation sites (N-methyl/N-ethyl adjacent to an activating group) is 1. The molecule has 7 nitrogen and oxygen atoms in total. The molecule has 0 aromatic carbocycles. The highest BCUT2D eigenvalue weighted by atomic mass is 16.2. The van der Waals surface area contributed by atoms with Gasteiger partial charge in [0.1, 0.15) is 12.9 Å². The Labute approximate surface area is 106 Å². The largest absolute Gasteiger partial charge is 0.367 e. The highest BCUT2D eigenvalue weighted by Gasteiger charge is 2.20. The van der Waals surface area contributed by atoms with Gasteiger partial charge in [0.25, 0.3) is 0 Å². The molecule has 0 spiro atoms. The van der Waals surface area contributed by atoms with E-state index >= 15 is 0 Å². The maximum Gasteiger partial charge on any atom is 0.242 e. The number of likely N-dealkylation sites (tertiary alicyclic amines) is 1. The normalized spacial score (nSPS) is 20.8. The second-order valence-electron chi connectivity index (χ2n) is 4.60. The fourth-order valence-electron chi connectivity index (χ4n) is 2.27. The first-order chi connectivity index (χ1) is 8.67. The Morgan fingerprint density at radius 2 is 2.50 bits per heavy atom. The van der Waals surface area contributed by atoms with Crippen LogP contribution in [0.25, 0.3) is 0 Å². The van der Waals surface area contributed by atoms with Gasteiger partial charge in [-0.25, -0.2) is 9.67 Å². The molecule has 18 heavy (non-hydrogen) atoms. The smallest absolute Gasteiger partial charge is 0.242 e. The van der Waals surface area contributed by atoms with Crippen molar-refractivity contribution < 1.29 is 4.79 Å². The monoisotopic (exact) mass is 252 g/mol. The van der Waals surface area contributed by atoms with Crippen LogP contribution in [0, 0.1) is 0 Å². The second-order valence-corrected chi connectivity index (χ2v) is 4.60. The Morgan fingerprint density at radius 1 is 1.67 bits per heavy atom. The zero-order valence-electron chi connectivity index (χ0n) is 10.7. The van der Waals surface area contributed by atoms with Crippen LogP contribution in [0.1, 0.15) is 19.8 Å². The molecule has 0 radical (unpaired) electrons. The number of aromatic nitrogens is 3. The molecule has 1 unspecified atom stereocenters. The SMILES string of the molecule is CCN1CCCC(NC(=O)Cn2cnc(N)n2)C1. The summed E-state index contributed by atoms with van der Waals surface area (Å²) < 4.78 is 1.45. The zero-order valence-corrected chi connectivity index (χ0v) is 10.7. The third-order valence-electron chi connectivity index (χ3n) is 3.18. The van der Waals surface area contributed by atoms with E-state index in [2.05, 4.69) is 27.2 Å². The first-order valence-electron chi connectivity index (χ1n) is 6.34. The topological polar surface area (TPSA) is 89.1 Å². The Hall–Kier alpha value is -1.63. The van der Waals surface area contributed by atoms with Gasteiger partial charge < -0.3 is 16.0 Å². The lowest BCUT2D eigenvalue weighted by atomic mass is 10.1. The molecule has 1 aliphatic heterocycles. The predicted octanol–water partition coefficient (Wildman–Crippen LogP) is -0.539. The number of anilines is 1. The summed E-state index contributed by atoms with van der Waals surface area (Å²) in [7, 11) is 0. The van der Waals surface area contributed by atoms with Gasteiger partial charge in [0.2, 0.25) is 11.9 Å². The van der Waals surface area contributed by atoms with E-state index < -0.39 is 0 Å². The van der Waals surface area contributed by atoms with Crippen LogP contribution in [0.15, 0.2) is 6.33 Å². The van der Waals surface area contributed by atoms with Gasteiger partial charge in [-0.2, -0.15) is 0 Å². The van der Waals surface area contributed by atoms with Gasteiger partial charge in [-0.1, -0.05) is 6.92 Å². The summed E-state index contributed by atoms with van der Waals surface area (Å²) >= 11 is 0. The molecule has 1 aromatic rings. The molecule has 1 fully saturated rings. The number of carbonyl (C=O) groups is 1. The van der Waals surface area contributed by atoms with Crippen LogP contribution in [0.5, 0.6) is 0 Å². The number of rotatable bonds is 4. The number of piperidine rings is 1. The molecule has 2 rings (SSSR count). The van der Waals surface area contributed by atoms with Crippen molar-refractivity contribution in [3.8, 4) is 0 Å². The Morgan fingerprint density at radius 3 is 3.17 bits per heavy atom. The van der Waals surface area contributed by atoms with Crippen molar-refractivity contribution in [3.63, 3.8) is 0 Å². The van der Waals surface area contributed by atoms with Crippen LogP contribution >= 0.6 is 0 Å². The Bertz CT molecular complexity index is 404. The van der Waals surface area contributed by atoms with E-state index in [1.54, 1.807) is 0 Å². The van der Waals surface area contributed by atoms with Gasteiger partial charge >= 0.3 is 0 Å². The molecule has 0 bridgehead atoms. The minimum absolute atomic E-state index is 0.0390. The summed E-state index contributed by atoms with van der Waals surface area (Å²) in [6.45, 7) is 5.41. The van der Waals surface area contributed by atoms with Crippen molar-refractivity contribution in [3.05, 3.63) is 6.33 Å². The summed E-state index contributed by atoms with van der Waals surface area (Å²) in [5, 5.41) is 6.92. The first kappa shape index (κ1) is 12.8. The summed E-state index contributed by atoms with van der Waals surface area (Å²) in [5.74, 6) is 0.153. The molecule has 0 aliphatic carbocycles. The van der Waals surface area contributed by atoms with Crippen molar-refractivity contribution in [2.45, 2.75) is 32.4 Å². The molecule has 1 aliphatic rings. The van der Waals surface area contributed by atoms with Crippen molar-refractivity contribution in [1.29, 1.82) is 0 Å². The lowest BCUT2D eigenvalue weighted by molar-refractivity contribution is -0.122. The minimum atomic E-state index is -0.0390. The quantitative estimate of drug-likeness (QED) is 0.751. The number of amides is 1. The number of hydrogen-bond acceptors (Lipinski definition) is 5. The highest BCUT2D eigenvalue weighted by molar-refractivity contribution is 5.76. The van der Waals surface area contributed by atoms with Gasteiger partial charge in [-0.05, 0) is 25.9 Å². The molecule has 1 aromatic heterocycles. The summed E-state index contributed by atoms with van der Waals surface area (Å²) in [5.41, 5.74) is 5.39. The predicted molar refractivity (Wildman–Crippen MR) is 67.7 cm³/mol. The standard InChI is InChI=1S/C11H20N6O/c1-2-16-5-3-4-9(6-16)14-10(18)7-17-8-13-11(12)15-17/h8-9H,2-7H2,1H3,(H2,12,15)(H,14,18). The average Bonchev–Trinajstić information content (AvgIpc) is 2.74. The highest BCUT2D eigenvalue weighted by Crippen LogP contribution is 2.09. The first-order valence-corrected chi connectivity index (χ1v) is 6.34. The van der Waals surface area contributed by atoms with E-state index in [1.807, 2.05) is 0 Å². The van der Waals surface area contributed by atoms with Crippen LogP contribution < -0.4 is 11.1 Å². The number of hydrogen-bond donors (Lipinski definition) is 2. The lowest BCUT2D eigenvalue weighted by Crippen LogP contribution is -2.48. The van der Waals surface area contributed by atoms with Crippen molar-refractivity contribution >= 4 is 11.9 Å². The van der Waals surface area contributed by atoms with Gasteiger partial charge in [-0.15, -0.1) is 5.10 Å². The van der Waals surface area contributed by atoms with Crippen LogP contribution in [0.2, 0.25) is 0 Å². The van der Waals surface area contributed by atoms with E-state index in [9.17, 15) is 4.79 Å². The van der Waals surface area contributed by atoms with Crippen molar-refractivity contribution in [2.24, 2.45) is 0 Å². The molecule has 1 saturated heterocycles. The molecule has 1 atom stereocenters. The summed E-state index contributed by atoms with van der Waals surface area (Å²) in [6.07, 6.45) is 3.64. The van der Waals surface area contributed by atoms with Crippen LogP contribution in [0.3, 0.4) is 0 Å². The van der Waals surface area contributed by atoms with Gasteiger partial charge in [0.05, 0.1) is 0 Å². The van der Waals surface area contributed by atoms with E-state index in [1.165, 1.54) is 11.0 Å². The molecule has 1 amide bonds. The van der Waals surface area contributed by atoms with E-state index in [-0.39, 0.29) is 24.4 Å². The third kappa shape index (κ3) is 3.43. The molecule has 3 N–H and O–H groups in total. The van der Waals surface area contributed by atoms with E-state index in [0.29, 0.717) is 0 Å². The lowest BCUT2D eigenvalue weighted by Gasteiger charge is -2.32. The zero-order chi connectivity index (χ0) is 13.0. The van der Waals surface area contributed by atoms with E-state index in [4.69, 9.17) is 5.73 Å². The maximum atomic E-state index is 11.8. The van der Waals surface area contributed by atoms with Gasteiger partial charge in [0, 0.05) is 12.6 Å². The summed E-state index contributed by atoms with van der Waals surface area (Å²) in [6, 6.07) is 0.243. The fraction of sp³-hybridized carbons (Fsp3) is 0.727. The molecular formula is C11H20N6O. The second kappa shape index (κ2) is 5.81. The van der Waals surface area contributed by atoms with Crippen LogP contribution in [-0.2, 0) is 11.3 Å². The molecule has 7 heteroatoms. The molecule has 0 saturated carbocycles. The minimum Gasteiger partial charge on any atom is -0.367 e. The Kier molecular flexibility index (Phi) is 4.14. The number of nitrogens with two attached hydrogens (primary N) is 1. The number of nitrogens with zero attached hydrogens (tertiary/aromatic N) is 4. The van der Waals surface area contributed by atoms with Crippen LogP contribution in [0.4, 0.5) is 5.95 Å². The summed E-state index contributed by atoms with van der Waals surface area (Å²) in [4.78, 5) is 18.0. The fourth-order valence-corrected chi connectivity index (χ4v) is 2.27. The van der Waals surface area contributed by atoms with Crippen LogP contribution in [-0.4, -0.2) is 51.2 Å². The molecule has 2 heterocycles. The number of carbonyl (C=O) groups excluding carboxylic acids is 1. The average molecular weight is 252 g/mol. The van der Waals surface area contributed by atoms with Crippen molar-refractivity contribution in [2.75, 3.05) is 25.4 Å². The van der Waals surface area contributed by atoms with E-state index in [0.717, 1.165) is 32.5 Å². The maximum absolute atomic E-state index is 11.8. The Balaban J connectivity index is 1.80. The van der Waals surface area contributed by atoms with Gasteiger partial charge in [0.15, 0.2) is 0 Å². The van der Waals surface area contributed by atoms with Crippen molar-refractivity contribution in [1.82, 2.24) is 25.0 Å². The third-order valence-corrected chi connectivity index (χ3v) is 3.18. The molecular weight excluding hydrogens is 232 g/mol.